The largest absolute Gasteiger partial charge is 1.00 e. The second-order valence-electron chi connectivity index (χ2n) is 0.612. The van der Waals surface area contributed by atoms with Crippen LogP contribution in [0.5, 0.6) is 0 Å². The van der Waals surface area contributed by atoms with Gasteiger partial charge in [0, 0.05) is 0 Å². The van der Waals surface area contributed by atoms with Gasteiger partial charge in [-0.15, -0.1) is 0 Å². The van der Waals surface area contributed by atoms with Crippen molar-refractivity contribution in [2.75, 3.05) is 0 Å². The van der Waals surface area contributed by atoms with E-state index in [0.29, 0.717) is 0 Å². The van der Waals surface area contributed by atoms with Crippen LogP contribution in [0.25, 0.3) is 0 Å². The first kappa shape index (κ1) is 23.1. The molecule has 0 fully saturated rings. The predicted molar refractivity (Wildman–Crippen MR) is 23.9 cm³/mol. The molecule has 0 aromatic carbocycles. The standard InChI is InChI=1S/2Na.H2O5S2.H2O2/c;;1-6(2)7(3,4)5;1-2/h;;(H,1,2)(H,3,4,5);1-2H/q2*+1;;/p-2. The Labute approximate surface area is 109 Å². The molecule has 58 valence electrons. The second-order valence-corrected chi connectivity index (χ2v) is 3.88. The summed E-state index contributed by atoms with van der Waals surface area (Å²) in [5.41, 5.74) is 0. The average Bonchev–Trinajstić information content (AvgIpc) is 1.69. The smallest absolute Gasteiger partial charge is 0.761 e. The van der Waals surface area contributed by atoms with E-state index in [4.69, 9.17) is 32.2 Å². The summed E-state index contributed by atoms with van der Waals surface area (Å²) in [6.45, 7) is 0. The molecule has 1 atom stereocenters. The zero-order valence-electron chi connectivity index (χ0n) is 5.75. The predicted octanol–water partition coefficient (Wildman–Crippen LogP) is -7.65. The van der Waals surface area contributed by atoms with Crippen molar-refractivity contribution in [3.63, 3.8) is 0 Å². The molecule has 0 aliphatic carbocycles. The van der Waals surface area contributed by atoms with Crippen molar-refractivity contribution in [2.45, 2.75) is 0 Å². The van der Waals surface area contributed by atoms with Crippen LogP contribution in [0.1, 0.15) is 0 Å². The maximum Gasteiger partial charge on any atom is 1.00 e. The van der Waals surface area contributed by atoms with E-state index in [1.165, 1.54) is 0 Å². The van der Waals surface area contributed by atoms with Gasteiger partial charge in [-0.05, 0) is 0 Å². The summed E-state index contributed by atoms with van der Waals surface area (Å²) in [7, 11) is -8.59. The monoisotopic (exact) mass is 224 g/mol. The van der Waals surface area contributed by atoms with E-state index in [1.807, 2.05) is 0 Å². The average molecular weight is 224 g/mol. The Kier molecular flexibility index (Phi) is 25.1. The Bertz CT molecular complexity index is 169. The third-order valence-corrected chi connectivity index (χ3v) is 1.50. The van der Waals surface area contributed by atoms with E-state index in [9.17, 15) is 0 Å². The van der Waals surface area contributed by atoms with E-state index in [2.05, 4.69) is 0 Å². The van der Waals surface area contributed by atoms with Gasteiger partial charge in [-0.25, -0.2) is 8.42 Å². The molecular formula is H2Na2O7S2. The summed E-state index contributed by atoms with van der Waals surface area (Å²) >= 11 is 0. The molecule has 0 saturated heterocycles. The summed E-state index contributed by atoms with van der Waals surface area (Å²) in [6.07, 6.45) is 0. The molecule has 0 spiro atoms. The fraction of sp³-hybridized carbons (Fsp3) is 0. The second kappa shape index (κ2) is 11.9. The maximum absolute atomic E-state index is 9.16. The zero-order chi connectivity index (χ0) is 8.08. The minimum absolute atomic E-state index is 0. The van der Waals surface area contributed by atoms with Crippen molar-refractivity contribution >= 4 is 19.3 Å². The SMILES string of the molecule is O=S([O-])S(=O)(=O)[O-].OO.[Na+].[Na+]. The van der Waals surface area contributed by atoms with Gasteiger partial charge in [0.15, 0.2) is 9.15 Å². The molecule has 2 N–H and O–H groups in total. The quantitative estimate of drug-likeness (QED) is 0.113. The van der Waals surface area contributed by atoms with Crippen molar-refractivity contribution in [1.82, 2.24) is 0 Å². The number of hydrogen-bond acceptors (Lipinski definition) is 7. The van der Waals surface area contributed by atoms with Gasteiger partial charge >= 0.3 is 59.1 Å². The van der Waals surface area contributed by atoms with Crippen LogP contribution in [0, 0.1) is 0 Å². The molecule has 0 rings (SSSR count). The van der Waals surface area contributed by atoms with E-state index in [1.54, 1.807) is 0 Å². The van der Waals surface area contributed by atoms with Crippen molar-refractivity contribution in [1.29, 1.82) is 0 Å². The van der Waals surface area contributed by atoms with Crippen LogP contribution in [-0.4, -0.2) is 32.2 Å². The summed E-state index contributed by atoms with van der Waals surface area (Å²) in [5.74, 6) is 0. The molecule has 1 unspecified atom stereocenters. The molecule has 0 aromatic rings. The zero-order valence-corrected chi connectivity index (χ0v) is 11.4. The van der Waals surface area contributed by atoms with Gasteiger partial charge in [0.25, 0.3) is 0 Å². The number of rotatable bonds is 1. The van der Waals surface area contributed by atoms with Crippen LogP contribution in [0.2, 0.25) is 0 Å². The van der Waals surface area contributed by atoms with Crippen LogP contribution >= 0.6 is 0 Å². The Morgan fingerprint density at radius 3 is 1.27 bits per heavy atom. The van der Waals surface area contributed by atoms with Crippen LogP contribution in [0.15, 0.2) is 0 Å². The third kappa shape index (κ3) is 18.7. The summed E-state index contributed by atoms with van der Waals surface area (Å²) in [4.78, 5) is 0. The van der Waals surface area contributed by atoms with Crippen molar-refractivity contribution in [3.05, 3.63) is 0 Å². The molecule has 0 amide bonds. The Balaban J connectivity index is -0.0000000564. The van der Waals surface area contributed by atoms with E-state index >= 15 is 0 Å². The summed E-state index contributed by atoms with van der Waals surface area (Å²) in [5, 5.41) is 12.0. The first-order chi connectivity index (χ1) is 3.94. The first-order valence-electron chi connectivity index (χ1n) is 1.20. The minimum Gasteiger partial charge on any atom is -0.761 e. The molecular weight excluding hydrogens is 222 g/mol. The van der Waals surface area contributed by atoms with Crippen LogP contribution in [0.4, 0.5) is 0 Å². The molecule has 0 heterocycles. The summed E-state index contributed by atoms with van der Waals surface area (Å²) in [6, 6.07) is 0. The number of hydrogen-bond donors (Lipinski definition) is 2. The Morgan fingerprint density at radius 1 is 1.18 bits per heavy atom. The van der Waals surface area contributed by atoms with Crippen LogP contribution in [0.3, 0.4) is 0 Å². The van der Waals surface area contributed by atoms with Crippen molar-refractivity contribution in [3.8, 4) is 0 Å². The fourth-order valence-electron chi connectivity index (χ4n) is 0. The third-order valence-electron chi connectivity index (χ3n) is 0.167. The van der Waals surface area contributed by atoms with Gasteiger partial charge < -0.3 is 9.11 Å². The van der Waals surface area contributed by atoms with Gasteiger partial charge in [-0.2, -0.15) is 0 Å². The molecule has 0 aromatic heterocycles. The topological polar surface area (TPSA) is 138 Å². The molecule has 7 nitrogen and oxygen atoms in total. The molecule has 0 radical (unpaired) electrons. The van der Waals surface area contributed by atoms with Crippen LogP contribution in [-0.2, 0) is 19.3 Å². The van der Waals surface area contributed by atoms with Gasteiger partial charge in [0.05, 0.1) is 10.1 Å². The van der Waals surface area contributed by atoms with E-state index in [-0.39, 0.29) is 59.1 Å². The van der Waals surface area contributed by atoms with Gasteiger partial charge in [-0.1, -0.05) is 0 Å². The van der Waals surface area contributed by atoms with E-state index in [0.717, 1.165) is 0 Å². The Hall–Kier alpha value is 1.94. The summed E-state index contributed by atoms with van der Waals surface area (Å²) < 4.78 is 45.7. The van der Waals surface area contributed by atoms with Gasteiger partial charge in [0.1, 0.15) is 0 Å². The van der Waals surface area contributed by atoms with Crippen LogP contribution < -0.4 is 59.1 Å². The normalized spacial score (nSPS) is 10.9. The molecule has 0 saturated carbocycles. The van der Waals surface area contributed by atoms with Gasteiger partial charge in [-0.3, -0.25) is 14.7 Å². The van der Waals surface area contributed by atoms with Gasteiger partial charge in [0.2, 0.25) is 0 Å². The maximum atomic E-state index is 9.16. The van der Waals surface area contributed by atoms with E-state index < -0.39 is 19.3 Å². The molecule has 0 aliphatic heterocycles. The molecule has 11 heavy (non-hydrogen) atoms. The fourth-order valence-corrected chi connectivity index (χ4v) is 0. The molecule has 0 bridgehead atoms. The minimum atomic E-state index is -5.07. The van der Waals surface area contributed by atoms with Crippen molar-refractivity contribution < 1.29 is 91.4 Å². The molecule has 0 aliphatic rings. The Morgan fingerprint density at radius 2 is 1.27 bits per heavy atom. The molecule has 11 heteroatoms. The first-order valence-corrected chi connectivity index (χ1v) is 4.20. The van der Waals surface area contributed by atoms with Crippen molar-refractivity contribution in [2.24, 2.45) is 0 Å².